The molecule has 1 aromatic rings. The number of nitrogens with two attached hydrogens (primary N) is 1. The Morgan fingerprint density at radius 2 is 2.40 bits per heavy atom. The highest BCUT2D eigenvalue weighted by Crippen LogP contribution is 2.23. The Hall–Kier alpha value is -1.46. The number of pyridine rings is 1. The Kier molecular flexibility index (Phi) is 5.49. The van der Waals surface area contributed by atoms with Crippen LogP contribution in [0.15, 0.2) is 18.3 Å². The summed E-state index contributed by atoms with van der Waals surface area (Å²) in [6, 6.07) is 4.27. The molecule has 1 fully saturated rings. The number of rotatable bonds is 5. The minimum absolute atomic E-state index is 0.132. The second kappa shape index (κ2) is 7.36. The lowest BCUT2D eigenvalue weighted by Gasteiger charge is -2.35. The van der Waals surface area contributed by atoms with E-state index in [1.54, 1.807) is 6.20 Å². The lowest BCUT2D eigenvalue weighted by molar-refractivity contribution is -0.142. The van der Waals surface area contributed by atoms with E-state index in [0.717, 1.165) is 30.8 Å². The van der Waals surface area contributed by atoms with Gasteiger partial charge in [-0.1, -0.05) is 12.5 Å². The number of hydrogen-bond donors (Lipinski definition) is 1. The van der Waals surface area contributed by atoms with Gasteiger partial charge in [0.1, 0.15) is 0 Å². The van der Waals surface area contributed by atoms with Crippen LogP contribution in [0, 0.1) is 0 Å². The summed E-state index contributed by atoms with van der Waals surface area (Å²) in [6.45, 7) is 2.27. The lowest BCUT2D eigenvalue weighted by Crippen LogP contribution is -2.40. The molecule has 5 nitrogen and oxygen atoms in total. The third kappa shape index (κ3) is 3.77. The monoisotopic (exact) mass is 277 g/mol. The van der Waals surface area contributed by atoms with E-state index in [2.05, 4.69) is 16.0 Å². The number of likely N-dealkylation sites (tertiary alicyclic amines) is 1. The number of methoxy groups -OCH3 is 1. The molecule has 1 aliphatic rings. The van der Waals surface area contributed by atoms with Gasteiger partial charge in [0.15, 0.2) is 0 Å². The topological polar surface area (TPSA) is 68.5 Å². The van der Waals surface area contributed by atoms with Crippen molar-refractivity contribution in [3.8, 4) is 0 Å². The first kappa shape index (κ1) is 14.9. The average Bonchev–Trinajstić information content (AvgIpc) is 2.49. The molecule has 0 saturated carbocycles. The molecule has 2 rings (SSSR count). The van der Waals surface area contributed by atoms with Crippen LogP contribution in [0.3, 0.4) is 0 Å². The highest BCUT2D eigenvalue weighted by Gasteiger charge is 2.25. The van der Waals surface area contributed by atoms with E-state index in [4.69, 9.17) is 10.5 Å². The van der Waals surface area contributed by atoms with E-state index in [1.807, 2.05) is 6.07 Å². The van der Waals surface area contributed by atoms with Gasteiger partial charge in [0.2, 0.25) is 0 Å². The zero-order valence-corrected chi connectivity index (χ0v) is 12.0. The van der Waals surface area contributed by atoms with Crippen molar-refractivity contribution in [1.82, 2.24) is 9.88 Å². The fraction of sp³-hybridized carbons (Fsp3) is 0.600. The van der Waals surface area contributed by atoms with Crippen LogP contribution in [0.1, 0.15) is 36.9 Å². The zero-order valence-electron chi connectivity index (χ0n) is 12.0. The third-order valence-corrected chi connectivity index (χ3v) is 3.93. The third-order valence-electron chi connectivity index (χ3n) is 3.93. The van der Waals surface area contributed by atoms with Gasteiger partial charge in [-0.05, 0) is 31.0 Å². The predicted octanol–water partition coefficient (Wildman–Crippen LogP) is 1.46. The highest BCUT2D eigenvalue weighted by molar-refractivity contribution is 5.69. The van der Waals surface area contributed by atoms with Crippen LogP contribution in [0.4, 0.5) is 0 Å². The van der Waals surface area contributed by atoms with Crippen LogP contribution in [-0.4, -0.2) is 35.5 Å². The van der Waals surface area contributed by atoms with E-state index < -0.39 is 0 Å². The Morgan fingerprint density at radius 1 is 1.55 bits per heavy atom. The number of carbonyl (C=O) groups excluding carboxylic acids is 1. The maximum Gasteiger partial charge on any atom is 0.307 e. The Labute approximate surface area is 120 Å². The Morgan fingerprint density at radius 3 is 3.15 bits per heavy atom. The van der Waals surface area contributed by atoms with Gasteiger partial charge in [-0.2, -0.15) is 0 Å². The molecule has 2 N–H and O–H groups in total. The average molecular weight is 277 g/mol. The standard InChI is InChI=1S/C15H23N3O2/c1-20-15(19)9-13-6-2-3-8-18(13)11-12-5-4-7-17-14(12)10-16/h4-5,7,13H,2-3,6,8-11,16H2,1H3. The Bertz CT molecular complexity index is 450. The molecule has 1 atom stereocenters. The first-order valence-corrected chi connectivity index (χ1v) is 7.18. The van der Waals surface area contributed by atoms with Crippen molar-refractivity contribution in [2.45, 2.75) is 44.8 Å². The Balaban J connectivity index is 2.06. The van der Waals surface area contributed by atoms with Crippen molar-refractivity contribution < 1.29 is 9.53 Å². The van der Waals surface area contributed by atoms with Crippen LogP contribution in [0.5, 0.6) is 0 Å². The van der Waals surface area contributed by atoms with Crippen LogP contribution in [0.2, 0.25) is 0 Å². The van der Waals surface area contributed by atoms with Crippen molar-refractivity contribution in [2.24, 2.45) is 5.73 Å². The SMILES string of the molecule is COC(=O)CC1CCCCN1Cc1cccnc1CN. The molecule has 5 heteroatoms. The summed E-state index contributed by atoms with van der Waals surface area (Å²) in [5.74, 6) is -0.132. The van der Waals surface area contributed by atoms with Crippen LogP contribution in [0.25, 0.3) is 0 Å². The summed E-state index contributed by atoms with van der Waals surface area (Å²) >= 11 is 0. The van der Waals surface area contributed by atoms with Crippen molar-refractivity contribution >= 4 is 5.97 Å². The van der Waals surface area contributed by atoms with E-state index in [-0.39, 0.29) is 12.0 Å². The van der Waals surface area contributed by atoms with E-state index in [0.29, 0.717) is 13.0 Å². The van der Waals surface area contributed by atoms with Crippen LogP contribution >= 0.6 is 0 Å². The molecule has 2 heterocycles. The van der Waals surface area contributed by atoms with Gasteiger partial charge >= 0.3 is 5.97 Å². The molecule has 20 heavy (non-hydrogen) atoms. The summed E-state index contributed by atoms with van der Waals surface area (Å²) in [6.07, 6.45) is 5.64. The molecular formula is C15H23N3O2. The van der Waals surface area contributed by atoms with Crippen molar-refractivity contribution in [3.63, 3.8) is 0 Å². The largest absolute Gasteiger partial charge is 0.469 e. The summed E-state index contributed by atoms with van der Waals surface area (Å²) in [5.41, 5.74) is 7.84. The van der Waals surface area contributed by atoms with E-state index in [9.17, 15) is 4.79 Å². The van der Waals surface area contributed by atoms with Gasteiger partial charge in [-0.3, -0.25) is 14.7 Å². The van der Waals surface area contributed by atoms with Crippen molar-refractivity contribution in [2.75, 3.05) is 13.7 Å². The maximum atomic E-state index is 11.5. The second-order valence-electron chi connectivity index (χ2n) is 5.21. The fourth-order valence-corrected chi connectivity index (χ4v) is 2.79. The van der Waals surface area contributed by atoms with Gasteiger partial charge in [0.05, 0.1) is 19.2 Å². The number of aromatic nitrogens is 1. The molecule has 1 unspecified atom stereocenters. The number of ether oxygens (including phenoxy) is 1. The number of hydrogen-bond acceptors (Lipinski definition) is 5. The quantitative estimate of drug-likeness (QED) is 0.825. The maximum absolute atomic E-state index is 11.5. The lowest BCUT2D eigenvalue weighted by atomic mass is 9.98. The first-order valence-electron chi connectivity index (χ1n) is 7.18. The number of nitrogens with zero attached hydrogens (tertiary/aromatic N) is 2. The predicted molar refractivity (Wildman–Crippen MR) is 76.8 cm³/mol. The number of piperidine rings is 1. The number of carbonyl (C=O) groups is 1. The fourth-order valence-electron chi connectivity index (χ4n) is 2.79. The molecule has 0 radical (unpaired) electrons. The smallest absolute Gasteiger partial charge is 0.307 e. The number of esters is 1. The van der Waals surface area contributed by atoms with Gasteiger partial charge in [-0.25, -0.2) is 0 Å². The van der Waals surface area contributed by atoms with Crippen LogP contribution < -0.4 is 5.73 Å². The zero-order chi connectivity index (χ0) is 14.4. The summed E-state index contributed by atoms with van der Waals surface area (Å²) in [4.78, 5) is 18.2. The second-order valence-corrected chi connectivity index (χ2v) is 5.21. The van der Waals surface area contributed by atoms with Crippen molar-refractivity contribution in [3.05, 3.63) is 29.6 Å². The molecule has 0 aromatic carbocycles. The van der Waals surface area contributed by atoms with Crippen molar-refractivity contribution in [1.29, 1.82) is 0 Å². The molecule has 1 aliphatic heterocycles. The molecule has 0 amide bonds. The van der Waals surface area contributed by atoms with E-state index in [1.165, 1.54) is 20.0 Å². The molecule has 0 spiro atoms. The molecular weight excluding hydrogens is 254 g/mol. The summed E-state index contributed by atoms with van der Waals surface area (Å²) < 4.78 is 4.80. The molecule has 0 bridgehead atoms. The minimum Gasteiger partial charge on any atom is -0.469 e. The first-order chi connectivity index (χ1) is 9.74. The molecule has 1 saturated heterocycles. The van der Waals surface area contributed by atoms with Gasteiger partial charge in [0, 0.05) is 25.3 Å². The van der Waals surface area contributed by atoms with E-state index >= 15 is 0 Å². The minimum atomic E-state index is -0.132. The van der Waals surface area contributed by atoms with Gasteiger partial charge in [-0.15, -0.1) is 0 Å². The molecule has 1 aromatic heterocycles. The summed E-state index contributed by atoms with van der Waals surface area (Å²) in [7, 11) is 1.45. The van der Waals surface area contributed by atoms with Gasteiger partial charge in [0.25, 0.3) is 0 Å². The van der Waals surface area contributed by atoms with Crippen LogP contribution in [-0.2, 0) is 22.6 Å². The normalized spacial score (nSPS) is 19.8. The highest BCUT2D eigenvalue weighted by atomic mass is 16.5. The van der Waals surface area contributed by atoms with Gasteiger partial charge < -0.3 is 10.5 Å². The summed E-state index contributed by atoms with van der Waals surface area (Å²) in [5, 5.41) is 0. The molecule has 0 aliphatic carbocycles. The molecule has 110 valence electrons.